The van der Waals surface area contributed by atoms with Gasteiger partial charge in [-0.05, 0) is 18.4 Å². The number of piperidine rings is 1. The summed E-state index contributed by atoms with van der Waals surface area (Å²) < 4.78 is 0. The van der Waals surface area contributed by atoms with Crippen molar-refractivity contribution in [3.8, 4) is 0 Å². The molecule has 3 amide bonds. The van der Waals surface area contributed by atoms with Crippen LogP contribution in [0.4, 0.5) is 4.79 Å². The summed E-state index contributed by atoms with van der Waals surface area (Å²) in [5.41, 5.74) is 0.466. The molecule has 7 nitrogen and oxygen atoms in total. The van der Waals surface area contributed by atoms with E-state index < -0.39 is 24.1 Å². The molecule has 0 aliphatic carbocycles. The van der Waals surface area contributed by atoms with Gasteiger partial charge in [0.2, 0.25) is 5.91 Å². The minimum absolute atomic E-state index is 0.247. The second-order valence-electron chi connectivity index (χ2n) is 4.79. The van der Waals surface area contributed by atoms with E-state index in [0.717, 1.165) is 6.42 Å². The van der Waals surface area contributed by atoms with Crippen LogP contribution in [0.15, 0.2) is 30.3 Å². The van der Waals surface area contributed by atoms with Crippen LogP contribution >= 0.6 is 0 Å². The third kappa shape index (κ3) is 3.95. The summed E-state index contributed by atoms with van der Waals surface area (Å²) in [4.78, 5) is 34.7. The normalized spacial score (nSPS) is 19.2. The van der Waals surface area contributed by atoms with Gasteiger partial charge in [0.15, 0.2) is 6.04 Å². The summed E-state index contributed by atoms with van der Waals surface area (Å²) in [6.45, 7) is 0.598. The van der Waals surface area contributed by atoms with Crippen LogP contribution < -0.4 is 16.0 Å². The average Bonchev–Trinajstić information content (AvgIpc) is 2.48. The number of hydrogen-bond donors (Lipinski definition) is 4. The van der Waals surface area contributed by atoms with Crippen molar-refractivity contribution in [2.24, 2.45) is 0 Å². The fourth-order valence-electron chi connectivity index (χ4n) is 2.17. The molecule has 1 aliphatic heterocycles. The van der Waals surface area contributed by atoms with Gasteiger partial charge in [0, 0.05) is 6.54 Å². The second kappa shape index (κ2) is 6.74. The predicted octanol–water partition coefficient (Wildman–Crippen LogP) is 0.390. The van der Waals surface area contributed by atoms with Gasteiger partial charge in [-0.1, -0.05) is 30.3 Å². The first-order chi connectivity index (χ1) is 10.1. The molecular formula is C14H17N3O4. The third-order valence-electron chi connectivity index (χ3n) is 3.25. The predicted molar refractivity (Wildman–Crippen MR) is 74.5 cm³/mol. The highest BCUT2D eigenvalue weighted by atomic mass is 16.4. The zero-order chi connectivity index (χ0) is 15.2. The highest BCUT2D eigenvalue weighted by molar-refractivity contribution is 5.89. The number of carboxylic acids is 1. The van der Waals surface area contributed by atoms with E-state index in [4.69, 9.17) is 0 Å². The number of benzene rings is 1. The van der Waals surface area contributed by atoms with E-state index in [1.165, 1.54) is 0 Å². The van der Waals surface area contributed by atoms with E-state index in [9.17, 15) is 19.5 Å². The third-order valence-corrected chi connectivity index (χ3v) is 3.25. The second-order valence-corrected chi connectivity index (χ2v) is 4.79. The summed E-state index contributed by atoms with van der Waals surface area (Å²) in [5, 5.41) is 16.7. The lowest BCUT2D eigenvalue weighted by molar-refractivity contribution is -0.139. The number of urea groups is 1. The minimum Gasteiger partial charge on any atom is -0.479 e. The lowest BCUT2D eigenvalue weighted by atomic mass is 10.1. The molecule has 1 heterocycles. The highest BCUT2D eigenvalue weighted by Crippen LogP contribution is 2.12. The summed E-state index contributed by atoms with van der Waals surface area (Å²) in [5.74, 6) is -1.41. The van der Waals surface area contributed by atoms with Gasteiger partial charge < -0.3 is 21.1 Å². The van der Waals surface area contributed by atoms with E-state index >= 15 is 0 Å². The zero-order valence-corrected chi connectivity index (χ0v) is 11.3. The van der Waals surface area contributed by atoms with E-state index in [0.29, 0.717) is 18.5 Å². The van der Waals surface area contributed by atoms with Crippen molar-refractivity contribution in [1.29, 1.82) is 0 Å². The fraction of sp³-hybridized carbons (Fsp3) is 0.357. The number of nitrogens with one attached hydrogen (secondary N) is 3. The number of carbonyl (C=O) groups excluding carboxylic acids is 2. The quantitative estimate of drug-likeness (QED) is 0.643. The number of aliphatic carboxylic acids is 1. The highest BCUT2D eigenvalue weighted by Gasteiger charge is 2.26. The van der Waals surface area contributed by atoms with Gasteiger partial charge in [0.05, 0.1) is 0 Å². The fourth-order valence-corrected chi connectivity index (χ4v) is 2.17. The van der Waals surface area contributed by atoms with Crippen molar-refractivity contribution in [2.45, 2.75) is 24.9 Å². The van der Waals surface area contributed by atoms with Crippen molar-refractivity contribution in [3.63, 3.8) is 0 Å². The Morgan fingerprint density at radius 2 is 2.00 bits per heavy atom. The maximum Gasteiger partial charge on any atom is 0.330 e. The van der Waals surface area contributed by atoms with Gasteiger partial charge in [0.1, 0.15) is 6.04 Å². The van der Waals surface area contributed by atoms with Gasteiger partial charge in [-0.15, -0.1) is 0 Å². The Balaban J connectivity index is 1.99. The van der Waals surface area contributed by atoms with Crippen molar-refractivity contribution in [3.05, 3.63) is 35.9 Å². The van der Waals surface area contributed by atoms with Crippen LogP contribution in [0.2, 0.25) is 0 Å². The molecule has 1 fully saturated rings. The van der Waals surface area contributed by atoms with Crippen molar-refractivity contribution in [1.82, 2.24) is 16.0 Å². The SMILES string of the molecule is O=C(NC1CCCNC1=O)N[C@@H](C(=O)O)c1ccccc1. The van der Waals surface area contributed by atoms with Gasteiger partial charge >= 0.3 is 12.0 Å². The summed E-state index contributed by atoms with van der Waals surface area (Å²) in [6.07, 6.45) is 1.32. The molecule has 4 N–H and O–H groups in total. The number of carboxylic acid groups (broad SMARTS) is 1. The molecule has 1 aromatic rings. The Labute approximate surface area is 121 Å². The molecule has 1 unspecified atom stereocenters. The first kappa shape index (κ1) is 14.8. The molecule has 0 aromatic heterocycles. The van der Waals surface area contributed by atoms with Gasteiger partial charge in [-0.2, -0.15) is 0 Å². The number of carbonyl (C=O) groups is 3. The molecule has 112 valence electrons. The maximum absolute atomic E-state index is 11.9. The van der Waals surface area contributed by atoms with Crippen molar-refractivity contribution >= 4 is 17.9 Å². The molecule has 0 saturated carbocycles. The van der Waals surface area contributed by atoms with Crippen LogP contribution in [-0.4, -0.2) is 35.6 Å². The van der Waals surface area contributed by atoms with Crippen LogP contribution in [0.1, 0.15) is 24.4 Å². The van der Waals surface area contributed by atoms with Crippen molar-refractivity contribution in [2.75, 3.05) is 6.54 Å². The molecule has 2 atom stereocenters. The minimum atomic E-state index is -1.16. The maximum atomic E-state index is 11.9. The monoisotopic (exact) mass is 291 g/mol. The largest absolute Gasteiger partial charge is 0.479 e. The van der Waals surface area contributed by atoms with Crippen LogP contribution in [0.25, 0.3) is 0 Å². The Kier molecular flexibility index (Phi) is 4.76. The van der Waals surface area contributed by atoms with Crippen LogP contribution in [0.5, 0.6) is 0 Å². The molecule has 1 aromatic carbocycles. The standard InChI is InChI=1S/C14H17N3O4/c18-12-10(7-4-8-15-12)16-14(21)17-11(13(19)20)9-5-2-1-3-6-9/h1-3,5-6,10-11H,4,7-8H2,(H,15,18)(H,19,20)(H2,16,17,21)/t10?,11-/m1/s1. The number of hydrogen-bond acceptors (Lipinski definition) is 3. The molecular weight excluding hydrogens is 274 g/mol. The molecule has 7 heteroatoms. The van der Waals surface area contributed by atoms with Crippen LogP contribution in [-0.2, 0) is 9.59 Å². The Bertz CT molecular complexity index is 532. The molecule has 0 radical (unpaired) electrons. The van der Waals surface area contributed by atoms with Crippen LogP contribution in [0.3, 0.4) is 0 Å². The Morgan fingerprint density at radius 3 is 2.62 bits per heavy atom. The smallest absolute Gasteiger partial charge is 0.330 e. The summed E-state index contributed by atoms with van der Waals surface area (Å²) in [6, 6.07) is 5.93. The van der Waals surface area contributed by atoms with Gasteiger partial charge in [-0.3, -0.25) is 4.79 Å². The first-order valence-corrected chi connectivity index (χ1v) is 6.70. The van der Waals surface area contributed by atoms with Crippen molar-refractivity contribution < 1.29 is 19.5 Å². The number of amides is 3. The van der Waals surface area contributed by atoms with Gasteiger partial charge in [-0.25, -0.2) is 9.59 Å². The van der Waals surface area contributed by atoms with E-state index in [1.807, 2.05) is 0 Å². The first-order valence-electron chi connectivity index (χ1n) is 6.70. The van der Waals surface area contributed by atoms with Gasteiger partial charge in [0.25, 0.3) is 0 Å². The van der Waals surface area contributed by atoms with Crippen LogP contribution in [0, 0.1) is 0 Å². The average molecular weight is 291 g/mol. The van der Waals surface area contributed by atoms with E-state index in [-0.39, 0.29) is 5.91 Å². The topological polar surface area (TPSA) is 108 Å². The van der Waals surface area contributed by atoms with E-state index in [1.54, 1.807) is 30.3 Å². The number of rotatable bonds is 4. The zero-order valence-electron chi connectivity index (χ0n) is 11.3. The Morgan fingerprint density at radius 1 is 1.29 bits per heavy atom. The molecule has 0 bridgehead atoms. The Hall–Kier alpha value is -2.57. The molecule has 2 rings (SSSR count). The summed E-state index contributed by atoms with van der Waals surface area (Å²) >= 11 is 0. The molecule has 0 spiro atoms. The van der Waals surface area contributed by atoms with E-state index in [2.05, 4.69) is 16.0 Å². The molecule has 21 heavy (non-hydrogen) atoms. The lowest BCUT2D eigenvalue weighted by Gasteiger charge is -2.24. The molecule has 1 aliphatic rings. The molecule has 1 saturated heterocycles. The summed E-state index contributed by atoms with van der Waals surface area (Å²) in [7, 11) is 0. The lowest BCUT2D eigenvalue weighted by Crippen LogP contribution is -2.53.